The summed E-state index contributed by atoms with van der Waals surface area (Å²) >= 11 is 1.70. The summed E-state index contributed by atoms with van der Waals surface area (Å²) in [6.45, 7) is 1.44. The molecule has 0 spiro atoms. The second kappa shape index (κ2) is 8.41. The van der Waals surface area contributed by atoms with Crippen LogP contribution in [0, 0.1) is 5.92 Å². The van der Waals surface area contributed by atoms with Gasteiger partial charge >= 0.3 is 0 Å². The lowest BCUT2D eigenvalue weighted by molar-refractivity contribution is -0.117. The van der Waals surface area contributed by atoms with E-state index in [9.17, 15) is 4.79 Å². The van der Waals surface area contributed by atoms with Gasteiger partial charge in [-0.05, 0) is 54.9 Å². The Kier molecular flexibility index (Phi) is 6.54. The zero-order chi connectivity index (χ0) is 15.1. The minimum absolute atomic E-state index is 0.125. The van der Waals surface area contributed by atoms with Gasteiger partial charge in [0, 0.05) is 12.3 Å². The molecule has 116 valence electrons. The molecule has 0 saturated heterocycles. The van der Waals surface area contributed by atoms with E-state index < -0.39 is 6.04 Å². The van der Waals surface area contributed by atoms with Gasteiger partial charge in [-0.3, -0.25) is 4.79 Å². The zero-order valence-corrected chi connectivity index (χ0v) is 13.3. The number of hydrogen-bond acceptors (Lipinski definition) is 4. The fourth-order valence-electron chi connectivity index (χ4n) is 1.98. The van der Waals surface area contributed by atoms with Crippen molar-refractivity contribution < 1.29 is 9.53 Å². The van der Waals surface area contributed by atoms with Gasteiger partial charge in [0.2, 0.25) is 5.91 Å². The molecule has 1 aromatic carbocycles. The Labute approximate surface area is 130 Å². The molecular formula is C16H24N2O2S. The molecule has 1 aliphatic carbocycles. The number of thioether (sulfide) groups is 1. The van der Waals surface area contributed by atoms with Crippen LogP contribution in [0.15, 0.2) is 24.3 Å². The fourth-order valence-corrected chi connectivity index (χ4v) is 2.47. The van der Waals surface area contributed by atoms with Gasteiger partial charge in [-0.15, -0.1) is 0 Å². The summed E-state index contributed by atoms with van der Waals surface area (Å²) < 4.78 is 5.66. The summed E-state index contributed by atoms with van der Waals surface area (Å²) in [5.74, 6) is 1.53. The third kappa shape index (κ3) is 6.08. The highest BCUT2D eigenvalue weighted by molar-refractivity contribution is 7.98. The molecule has 5 heteroatoms. The van der Waals surface area contributed by atoms with Gasteiger partial charge in [0.25, 0.3) is 0 Å². The molecule has 1 aliphatic rings. The Morgan fingerprint density at radius 1 is 1.52 bits per heavy atom. The van der Waals surface area contributed by atoms with Crippen molar-refractivity contribution in [1.29, 1.82) is 0 Å². The molecular weight excluding hydrogens is 284 g/mol. The topological polar surface area (TPSA) is 64.4 Å². The number of hydrogen-bond donors (Lipinski definition) is 2. The number of nitrogens with two attached hydrogens (primary N) is 1. The van der Waals surface area contributed by atoms with Crippen LogP contribution in [0.4, 0.5) is 5.69 Å². The van der Waals surface area contributed by atoms with Crippen LogP contribution < -0.4 is 11.1 Å². The van der Waals surface area contributed by atoms with Crippen molar-refractivity contribution in [2.75, 3.05) is 23.9 Å². The number of anilines is 1. The van der Waals surface area contributed by atoms with E-state index in [1.165, 1.54) is 12.8 Å². The highest BCUT2D eigenvalue weighted by Gasteiger charge is 2.21. The summed E-state index contributed by atoms with van der Waals surface area (Å²) in [5.41, 5.74) is 7.72. The number of amides is 1. The Balaban J connectivity index is 1.80. The van der Waals surface area contributed by atoms with E-state index in [0.717, 1.165) is 29.5 Å². The summed E-state index contributed by atoms with van der Waals surface area (Å²) in [6.07, 6.45) is 5.29. The standard InChI is InChI=1S/C16H24N2O2S/c1-21-8-7-15(17)16(19)18-14-4-2-3-13(9-14)11-20-10-12-5-6-12/h2-4,9,12,15H,5-8,10-11,17H2,1H3,(H,18,19)/t15-/m0/s1. The van der Waals surface area contributed by atoms with E-state index in [-0.39, 0.29) is 5.91 Å². The van der Waals surface area contributed by atoms with Crippen molar-refractivity contribution >= 4 is 23.4 Å². The number of carbonyl (C=O) groups excluding carboxylic acids is 1. The summed E-state index contributed by atoms with van der Waals surface area (Å²) in [6, 6.07) is 7.32. The van der Waals surface area contributed by atoms with Crippen molar-refractivity contribution in [1.82, 2.24) is 0 Å². The third-order valence-corrected chi connectivity index (χ3v) is 4.13. The molecule has 0 aromatic heterocycles. The summed E-state index contributed by atoms with van der Waals surface area (Å²) in [4.78, 5) is 12.0. The van der Waals surface area contributed by atoms with Crippen molar-refractivity contribution in [3.63, 3.8) is 0 Å². The highest BCUT2D eigenvalue weighted by atomic mass is 32.2. The lowest BCUT2D eigenvalue weighted by Gasteiger charge is -2.12. The van der Waals surface area contributed by atoms with Crippen LogP contribution in [-0.4, -0.2) is 30.6 Å². The van der Waals surface area contributed by atoms with E-state index >= 15 is 0 Å². The molecule has 1 amide bonds. The quantitative estimate of drug-likeness (QED) is 0.736. The molecule has 0 bridgehead atoms. The van der Waals surface area contributed by atoms with Crippen molar-refractivity contribution in [2.24, 2.45) is 11.7 Å². The first-order chi connectivity index (χ1) is 10.2. The van der Waals surface area contributed by atoms with Crippen LogP contribution in [-0.2, 0) is 16.1 Å². The predicted molar refractivity (Wildman–Crippen MR) is 88.4 cm³/mol. The molecule has 1 saturated carbocycles. The summed E-state index contributed by atoms with van der Waals surface area (Å²) in [5, 5.41) is 2.87. The average Bonchev–Trinajstić information content (AvgIpc) is 3.29. The largest absolute Gasteiger partial charge is 0.376 e. The van der Waals surface area contributed by atoms with Crippen LogP contribution in [0.1, 0.15) is 24.8 Å². The number of carbonyl (C=O) groups is 1. The molecule has 3 N–H and O–H groups in total. The Hall–Kier alpha value is -1.04. The summed E-state index contributed by atoms with van der Waals surface area (Å²) in [7, 11) is 0. The van der Waals surface area contributed by atoms with Crippen molar-refractivity contribution in [2.45, 2.75) is 31.9 Å². The van der Waals surface area contributed by atoms with Gasteiger partial charge in [0.1, 0.15) is 0 Å². The molecule has 0 radical (unpaired) electrons. The molecule has 0 unspecified atom stereocenters. The van der Waals surface area contributed by atoms with Gasteiger partial charge in [-0.2, -0.15) is 11.8 Å². The molecule has 2 rings (SSSR count). The van der Waals surface area contributed by atoms with Gasteiger partial charge in [0.05, 0.1) is 12.6 Å². The molecule has 0 heterocycles. The van der Waals surface area contributed by atoms with E-state index in [0.29, 0.717) is 13.0 Å². The van der Waals surface area contributed by atoms with Crippen molar-refractivity contribution in [3.05, 3.63) is 29.8 Å². The molecule has 1 aromatic rings. The molecule has 21 heavy (non-hydrogen) atoms. The second-order valence-electron chi connectivity index (χ2n) is 5.54. The van der Waals surface area contributed by atoms with E-state index in [4.69, 9.17) is 10.5 Å². The van der Waals surface area contributed by atoms with Crippen LogP contribution in [0.3, 0.4) is 0 Å². The highest BCUT2D eigenvalue weighted by Crippen LogP contribution is 2.29. The lowest BCUT2D eigenvalue weighted by Crippen LogP contribution is -2.36. The van der Waals surface area contributed by atoms with Crippen LogP contribution in [0.5, 0.6) is 0 Å². The van der Waals surface area contributed by atoms with Crippen LogP contribution in [0.25, 0.3) is 0 Å². The number of ether oxygens (including phenoxy) is 1. The molecule has 1 atom stereocenters. The monoisotopic (exact) mass is 308 g/mol. The maximum Gasteiger partial charge on any atom is 0.241 e. The van der Waals surface area contributed by atoms with Gasteiger partial charge in [-0.25, -0.2) is 0 Å². The SMILES string of the molecule is CSCC[C@H](N)C(=O)Nc1cccc(COCC2CC2)c1. The fraction of sp³-hybridized carbons (Fsp3) is 0.562. The molecule has 0 aliphatic heterocycles. The predicted octanol–water partition coefficient (Wildman–Crippen LogP) is 2.63. The van der Waals surface area contributed by atoms with E-state index in [1.807, 2.05) is 30.5 Å². The second-order valence-corrected chi connectivity index (χ2v) is 6.52. The van der Waals surface area contributed by atoms with Crippen LogP contribution in [0.2, 0.25) is 0 Å². The normalized spacial score (nSPS) is 15.7. The smallest absolute Gasteiger partial charge is 0.241 e. The third-order valence-electron chi connectivity index (χ3n) is 3.48. The van der Waals surface area contributed by atoms with Gasteiger partial charge < -0.3 is 15.8 Å². The Bertz CT molecular complexity index is 463. The lowest BCUT2D eigenvalue weighted by atomic mass is 10.2. The van der Waals surface area contributed by atoms with Gasteiger partial charge in [0.15, 0.2) is 0 Å². The molecule has 4 nitrogen and oxygen atoms in total. The van der Waals surface area contributed by atoms with Crippen LogP contribution >= 0.6 is 11.8 Å². The van der Waals surface area contributed by atoms with E-state index in [2.05, 4.69) is 5.32 Å². The number of benzene rings is 1. The minimum atomic E-state index is -0.452. The first-order valence-corrected chi connectivity index (χ1v) is 8.80. The maximum atomic E-state index is 12.0. The van der Waals surface area contributed by atoms with E-state index in [1.54, 1.807) is 11.8 Å². The molecule has 1 fully saturated rings. The Morgan fingerprint density at radius 3 is 3.05 bits per heavy atom. The number of rotatable bonds is 9. The first kappa shape index (κ1) is 16.3. The zero-order valence-electron chi connectivity index (χ0n) is 12.5. The van der Waals surface area contributed by atoms with Gasteiger partial charge in [-0.1, -0.05) is 12.1 Å². The van der Waals surface area contributed by atoms with Crippen molar-refractivity contribution in [3.8, 4) is 0 Å². The minimum Gasteiger partial charge on any atom is -0.376 e. The number of nitrogens with one attached hydrogen (secondary N) is 1. The first-order valence-electron chi connectivity index (χ1n) is 7.41. The average molecular weight is 308 g/mol. The maximum absolute atomic E-state index is 12.0. The Morgan fingerprint density at radius 2 is 2.33 bits per heavy atom.